The van der Waals surface area contributed by atoms with E-state index in [1.54, 1.807) is 4.98 Å². The fourth-order valence-corrected chi connectivity index (χ4v) is 1.71. The van der Waals surface area contributed by atoms with Gasteiger partial charge in [0.05, 0.1) is 5.69 Å². The Labute approximate surface area is 130 Å². The number of nitrogens with one attached hydrogen (secondary N) is 1. The van der Waals surface area contributed by atoms with Crippen molar-refractivity contribution in [1.29, 1.82) is 0 Å². The first-order valence-electron chi connectivity index (χ1n) is 5.87. The van der Waals surface area contributed by atoms with Gasteiger partial charge in [0.1, 0.15) is 0 Å². The summed E-state index contributed by atoms with van der Waals surface area (Å²) in [6.07, 6.45) is -6.67. The number of hydrogen-bond acceptors (Lipinski definition) is 1. The van der Waals surface area contributed by atoms with Gasteiger partial charge in [-0.2, -0.15) is 52.7 Å². The molecular formula is C11H7F12NO. The van der Waals surface area contributed by atoms with Crippen LogP contribution in [0.1, 0.15) is 5.69 Å². The summed E-state index contributed by atoms with van der Waals surface area (Å²) in [5.74, 6) is -34.9. The van der Waals surface area contributed by atoms with Gasteiger partial charge in [0, 0.05) is 13.3 Å². The predicted molar refractivity (Wildman–Crippen MR) is 56.4 cm³/mol. The van der Waals surface area contributed by atoms with E-state index < -0.39 is 41.4 Å². The summed E-state index contributed by atoms with van der Waals surface area (Å²) in [5, 5.41) is 0. The smallest absolute Gasteiger partial charge is 0.360 e. The molecular weight excluding hydrogens is 390 g/mol. The van der Waals surface area contributed by atoms with Crippen LogP contribution in [0.3, 0.4) is 0 Å². The Morgan fingerprint density at radius 1 is 0.720 bits per heavy atom. The van der Waals surface area contributed by atoms with E-state index in [9.17, 15) is 52.7 Å². The molecule has 1 N–H and O–H groups in total. The number of methoxy groups -OCH3 is 1. The first-order valence-corrected chi connectivity index (χ1v) is 5.87. The molecule has 0 aliphatic carbocycles. The number of halogens is 12. The highest BCUT2D eigenvalue weighted by Gasteiger charge is 2.90. The summed E-state index contributed by atoms with van der Waals surface area (Å²) >= 11 is 0. The minimum absolute atomic E-state index is 0.00905. The number of ether oxygens (including phenoxy) is 1. The Balaban J connectivity index is 3.58. The molecule has 1 unspecified atom stereocenters. The van der Waals surface area contributed by atoms with Gasteiger partial charge in [-0.15, -0.1) is 0 Å². The summed E-state index contributed by atoms with van der Waals surface area (Å²) in [7, 11) is -0.00905. The lowest BCUT2D eigenvalue weighted by molar-refractivity contribution is -0.450. The lowest BCUT2D eigenvalue weighted by Gasteiger charge is -2.41. The van der Waals surface area contributed by atoms with Crippen LogP contribution < -0.4 is 0 Å². The largest absolute Gasteiger partial charge is 0.460 e. The van der Waals surface area contributed by atoms with Crippen molar-refractivity contribution in [2.75, 3.05) is 7.11 Å². The van der Waals surface area contributed by atoms with E-state index >= 15 is 0 Å². The second-order valence-electron chi connectivity index (χ2n) is 4.68. The zero-order chi connectivity index (χ0) is 20.1. The van der Waals surface area contributed by atoms with E-state index in [-0.39, 0.29) is 7.11 Å². The molecule has 0 bridgehead atoms. The van der Waals surface area contributed by atoms with Crippen LogP contribution in [0.4, 0.5) is 52.7 Å². The third-order valence-corrected chi connectivity index (χ3v) is 3.17. The monoisotopic (exact) mass is 397 g/mol. The Hall–Kier alpha value is -1.60. The molecule has 1 atom stereocenters. The predicted octanol–water partition coefficient (Wildman–Crippen LogP) is 4.89. The fourth-order valence-electron chi connectivity index (χ4n) is 1.71. The van der Waals surface area contributed by atoms with E-state index in [0.717, 1.165) is 6.07 Å². The van der Waals surface area contributed by atoms with Crippen LogP contribution in [0, 0.1) is 0 Å². The molecule has 0 amide bonds. The number of aromatic amines is 1. The average molecular weight is 397 g/mol. The second kappa shape index (κ2) is 5.71. The van der Waals surface area contributed by atoms with Gasteiger partial charge in [-0.25, -0.2) is 0 Å². The minimum Gasteiger partial charge on any atom is -0.360 e. The quantitative estimate of drug-likeness (QED) is 0.680. The zero-order valence-electron chi connectivity index (χ0n) is 11.7. The molecule has 2 nitrogen and oxygen atoms in total. The molecule has 25 heavy (non-hydrogen) atoms. The van der Waals surface area contributed by atoms with E-state index in [4.69, 9.17) is 0 Å². The number of rotatable bonds is 6. The second-order valence-corrected chi connectivity index (χ2v) is 4.68. The molecule has 1 aromatic heterocycles. The summed E-state index contributed by atoms with van der Waals surface area (Å²) in [6.45, 7) is 0. The molecule has 1 heterocycles. The lowest BCUT2D eigenvalue weighted by Crippen LogP contribution is -2.70. The minimum atomic E-state index is -7.72. The first-order chi connectivity index (χ1) is 10.9. The third kappa shape index (κ3) is 2.64. The van der Waals surface area contributed by atoms with E-state index in [1.165, 1.54) is 0 Å². The van der Waals surface area contributed by atoms with Crippen molar-refractivity contribution < 1.29 is 57.4 Å². The molecule has 0 spiro atoms. The number of hydrogen-bond donors (Lipinski definition) is 1. The molecule has 0 aliphatic rings. The van der Waals surface area contributed by atoms with Crippen molar-refractivity contribution in [3.8, 4) is 0 Å². The standard InChI is InChI=1S/C11H7F12NO/c1-25-6(12,5-3-2-4-24-5)7(13,14)8(15,16)9(17,18)10(19,20)11(21,22)23/h2-4,24H,1H3. The SMILES string of the molecule is COC(F)(c1ccc[nH]1)C(F)(F)C(F)(F)C(F)(F)C(F)(F)C(F)(F)F. The summed E-state index contributed by atoms with van der Waals surface area (Å²) < 4.78 is 160. The third-order valence-electron chi connectivity index (χ3n) is 3.17. The Morgan fingerprint density at radius 3 is 1.48 bits per heavy atom. The fraction of sp³-hybridized carbons (Fsp3) is 0.636. The van der Waals surface area contributed by atoms with Gasteiger partial charge in [-0.05, 0) is 12.1 Å². The van der Waals surface area contributed by atoms with E-state index in [2.05, 4.69) is 4.74 Å². The topological polar surface area (TPSA) is 25.0 Å². The van der Waals surface area contributed by atoms with Gasteiger partial charge in [0.2, 0.25) is 0 Å². The molecule has 0 radical (unpaired) electrons. The van der Waals surface area contributed by atoms with Crippen molar-refractivity contribution in [1.82, 2.24) is 4.98 Å². The molecule has 1 aromatic rings. The number of alkyl halides is 12. The Bertz CT molecular complexity index is 593. The maximum atomic E-state index is 14.2. The van der Waals surface area contributed by atoms with Gasteiger partial charge in [-0.1, -0.05) is 0 Å². The molecule has 0 aliphatic heterocycles. The van der Waals surface area contributed by atoms with Crippen molar-refractivity contribution in [3.05, 3.63) is 24.0 Å². The first kappa shape index (κ1) is 21.4. The Kier molecular flexibility index (Phi) is 4.89. The number of aromatic nitrogens is 1. The van der Waals surface area contributed by atoms with E-state index in [1.807, 2.05) is 0 Å². The van der Waals surface area contributed by atoms with Crippen LogP contribution in [0.2, 0.25) is 0 Å². The Morgan fingerprint density at radius 2 is 1.16 bits per heavy atom. The zero-order valence-corrected chi connectivity index (χ0v) is 11.7. The van der Waals surface area contributed by atoms with Crippen LogP contribution >= 0.6 is 0 Å². The van der Waals surface area contributed by atoms with Crippen LogP contribution in [0.15, 0.2) is 18.3 Å². The van der Waals surface area contributed by atoms with Crippen LogP contribution in [0.25, 0.3) is 0 Å². The molecule has 0 saturated heterocycles. The maximum absolute atomic E-state index is 14.2. The molecule has 0 fully saturated rings. The van der Waals surface area contributed by atoms with E-state index in [0.29, 0.717) is 12.3 Å². The van der Waals surface area contributed by atoms with Gasteiger partial charge in [0.25, 0.3) is 0 Å². The van der Waals surface area contributed by atoms with Gasteiger partial charge >= 0.3 is 35.7 Å². The highest BCUT2D eigenvalue weighted by Crippen LogP contribution is 2.61. The number of H-pyrrole nitrogens is 1. The van der Waals surface area contributed by atoms with Crippen LogP contribution in [0.5, 0.6) is 0 Å². The lowest BCUT2D eigenvalue weighted by atomic mass is 9.92. The van der Waals surface area contributed by atoms with Crippen LogP contribution in [-0.2, 0) is 10.6 Å². The van der Waals surface area contributed by atoms with Crippen molar-refractivity contribution in [2.45, 2.75) is 35.7 Å². The highest BCUT2D eigenvalue weighted by atomic mass is 19.4. The van der Waals surface area contributed by atoms with Gasteiger partial charge < -0.3 is 9.72 Å². The normalized spacial score (nSPS) is 17.5. The maximum Gasteiger partial charge on any atom is 0.460 e. The molecule has 14 heteroatoms. The van der Waals surface area contributed by atoms with Gasteiger partial charge in [-0.3, -0.25) is 0 Å². The molecule has 0 aromatic carbocycles. The molecule has 1 rings (SSSR count). The molecule has 0 saturated carbocycles. The summed E-state index contributed by atoms with van der Waals surface area (Å²) in [4.78, 5) is 1.56. The molecule has 146 valence electrons. The van der Waals surface area contributed by atoms with Crippen molar-refractivity contribution in [2.24, 2.45) is 0 Å². The highest BCUT2D eigenvalue weighted by molar-refractivity contribution is 5.20. The van der Waals surface area contributed by atoms with Gasteiger partial charge in [0.15, 0.2) is 0 Å². The van der Waals surface area contributed by atoms with Crippen LogP contribution in [-0.4, -0.2) is 42.0 Å². The summed E-state index contributed by atoms with van der Waals surface area (Å²) in [6, 6.07) is 1.02. The average Bonchev–Trinajstić information content (AvgIpc) is 2.98. The van der Waals surface area contributed by atoms with Crippen molar-refractivity contribution in [3.63, 3.8) is 0 Å². The summed E-state index contributed by atoms with van der Waals surface area (Å²) in [5.41, 5.74) is -1.62. The van der Waals surface area contributed by atoms with Crippen molar-refractivity contribution >= 4 is 0 Å².